The van der Waals surface area contributed by atoms with Gasteiger partial charge >= 0.3 is 0 Å². The van der Waals surface area contributed by atoms with Crippen molar-refractivity contribution in [3.05, 3.63) is 29.9 Å². The first-order valence-electron chi connectivity index (χ1n) is 7.89. The number of nitrogens with zero attached hydrogens (tertiary/aromatic N) is 2. The van der Waals surface area contributed by atoms with E-state index in [0.29, 0.717) is 11.5 Å². The van der Waals surface area contributed by atoms with Gasteiger partial charge in [-0.05, 0) is 25.2 Å². The van der Waals surface area contributed by atoms with E-state index < -0.39 is 0 Å². The molecule has 23 heavy (non-hydrogen) atoms. The molecular formula is C16H18N4O3. The number of rotatable bonds is 4. The number of hydrogen-bond donors (Lipinski definition) is 2. The summed E-state index contributed by atoms with van der Waals surface area (Å²) in [5.74, 6) is 0.296. The minimum absolute atomic E-state index is 0.0801. The number of allylic oxidation sites excluding steroid dienone is 2. The molecule has 2 bridgehead atoms. The number of carbonyl (C=O) groups is 3. The maximum Gasteiger partial charge on any atom is 0.269 e. The van der Waals surface area contributed by atoms with Crippen molar-refractivity contribution in [2.45, 2.75) is 13.3 Å². The van der Waals surface area contributed by atoms with E-state index >= 15 is 0 Å². The zero-order valence-electron chi connectivity index (χ0n) is 12.8. The van der Waals surface area contributed by atoms with Crippen LogP contribution in [0.1, 0.15) is 22.7 Å². The highest BCUT2D eigenvalue weighted by atomic mass is 16.2. The largest absolute Gasteiger partial charge is 0.349 e. The van der Waals surface area contributed by atoms with E-state index in [-0.39, 0.29) is 54.5 Å². The number of aryl methyl sites for hydroxylation is 1. The summed E-state index contributed by atoms with van der Waals surface area (Å²) < 4.78 is 0. The fraction of sp³-hybridized carbons (Fsp3) is 0.500. The van der Waals surface area contributed by atoms with Gasteiger partial charge in [0.05, 0.1) is 18.0 Å². The normalized spacial score (nSPS) is 31.1. The summed E-state index contributed by atoms with van der Waals surface area (Å²) in [4.78, 5) is 45.0. The second kappa shape index (κ2) is 5.04. The third kappa shape index (κ3) is 2.10. The number of aromatic nitrogens is 2. The lowest BCUT2D eigenvalue weighted by Gasteiger charge is -2.17. The predicted molar refractivity (Wildman–Crippen MR) is 80.1 cm³/mol. The predicted octanol–water partition coefficient (Wildman–Crippen LogP) is 0.255. The minimum Gasteiger partial charge on any atom is -0.349 e. The molecule has 4 rings (SSSR count). The summed E-state index contributed by atoms with van der Waals surface area (Å²) in [5, 5.41) is 2.71. The molecule has 2 heterocycles. The molecule has 1 aliphatic heterocycles. The van der Waals surface area contributed by atoms with Crippen molar-refractivity contribution in [2.75, 3.05) is 13.1 Å². The van der Waals surface area contributed by atoms with Gasteiger partial charge in [-0.25, -0.2) is 4.98 Å². The summed E-state index contributed by atoms with van der Waals surface area (Å²) >= 11 is 0. The van der Waals surface area contributed by atoms with E-state index in [9.17, 15) is 14.4 Å². The number of imidazole rings is 1. The number of likely N-dealkylation sites (tertiary alicyclic amines) is 1. The standard InChI is InChI=1S/C16H18N4O3/c1-8-18-7-11(19-8)14(21)17-4-5-20-15(22)12-9-2-3-10(6-9)13(12)16(20)23/h2-3,7,9-10,12-13H,4-6H2,1H3,(H,17,21)(H,18,19). The van der Waals surface area contributed by atoms with Gasteiger partial charge in [-0.1, -0.05) is 12.2 Å². The maximum atomic E-state index is 12.5. The van der Waals surface area contributed by atoms with E-state index in [2.05, 4.69) is 27.4 Å². The lowest BCUT2D eigenvalue weighted by molar-refractivity contribution is -0.140. The van der Waals surface area contributed by atoms with Crippen molar-refractivity contribution in [3.63, 3.8) is 0 Å². The van der Waals surface area contributed by atoms with Crippen molar-refractivity contribution < 1.29 is 14.4 Å². The van der Waals surface area contributed by atoms with Crippen LogP contribution in [-0.2, 0) is 9.59 Å². The maximum absolute atomic E-state index is 12.5. The van der Waals surface area contributed by atoms with Gasteiger partial charge in [0.15, 0.2) is 0 Å². The van der Waals surface area contributed by atoms with Crippen molar-refractivity contribution >= 4 is 17.7 Å². The topological polar surface area (TPSA) is 95.2 Å². The second-order valence-electron chi connectivity index (χ2n) is 6.47. The Kier molecular flexibility index (Phi) is 3.11. The first-order valence-corrected chi connectivity index (χ1v) is 7.89. The molecule has 0 radical (unpaired) electrons. The van der Waals surface area contributed by atoms with Crippen LogP contribution in [0.2, 0.25) is 0 Å². The number of H-pyrrole nitrogens is 1. The molecule has 4 unspecified atom stereocenters. The van der Waals surface area contributed by atoms with Gasteiger partial charge in [-0.2, -0.15) is 0 Å². The smallest absolute Gasteiger partial charge is 0.269 e. The molecule has 1 aromatic heterocycles. The van der Waals surface area contributed by atoms with Crippen LogP contribution in [0.4, 0.5) is 0 Å². The average molecular weight is 314 g/mol. The molecule has 0 aromatic carbocycles. The molecule has 3 aliphatic rings. The minimum atomic E-state index is -0.286. The number of carbonyl (C=O) groups excluding carboxylic acids is 3. The van der Waals surface area contributed by atoms with Crippen LogP contribution in [0, 0.1) is 30.6 Å². The zero-order valence-corrected chi connectivity index (χ0v) is 12.8. The summed E-state index contributed by atoms with van der Waals surface area (Å²) in [7, 11) is 0. The van der Waals surface area contributed by atoms with E-state index in [1.807, 2.05) is 0 Å². The number of aromatic amines is 1. The molecule has 2 fully saturated rings. The monoisotopic (exact) mass is 314 g/mol. The van der Waals surface area contributed by atoms with Gasteiger partial charge in [0, 0.05) is 13.1 Å². The van der Waals surface area contributed by atoms with Crippen molar-refractivity contribution in [1.29, 1.82) is 0 Å². The Morgan fingerprint density at radius 1 is 1.30 bits per heavy atom. The van der Waals surface area contributed by atoms with Crippen LogP contribution in [0.25, 0.3) is 0 Å². The van der Waals surface area contributed by atoms with Crippen LogP contribution in [0.3, 0.4) is 0 Å². The number of hydrogen-bond acceptors (Lipinski definition) is 4. The Labute approximate surface area is 133 Å². The van der Waals surface area contributed by atoms with Crippen molar-refractivity contribution in [3.8, 4) is 0 Å². The number of amides is 3. The molecule has 1 aromatic rings. The molecule has 3 amide bonds. The van der Waals surface area contributed by atoms with Crippen LogP contribution in [-0.4, -0.2) is 45.7 Å². The highest BCUT2D eigenvalue weighted by Crippen LogP contribution is 2.52. The highest BCUT2D eigenvalue weighted by Gasteiger charge is 2.58. The zero-order chi connectivity index (χ0) is 16.1. The van der Waals surface area contributed by atoms with E-state index in [1.165, 1.54) is 11.1 Å². The van der Waals surface area contributed by atoms with Gasteiger partial charge in [0.1, 0.15) is 11.5 Å². The lowest BCUT2D eigenvalue weighted by Crippen LogP contribution is -2.39. The van der Waals surface area contributed by atoms with Crippen molar-refractivity contribution in [1.82, 2.24) is 20.2 Å². The summed E-state index contributed by atoms with van der Waals surface area (Å²) in [6, 6.07) is 0. The Hall–Kier alpha value is -2.44. The van der Waals surface area contributed by atoms with E-state index in [0.717, 1.165) is 6.42 Å². The van der Waals surface area contributed by atoms with Crippen LogP contribution >= 0.6 is 0 Å². The van der Waals surface area contributed by atoms with Gasteiger partial charge in [-0.3, -0.25) is 19.3 Å². The Morgan fingerprint density at radius 3 is 2.52 bits per heavy atom. The third-order valence-corrected chi connectivity index (χ3v) is 5.13. The summed E-state index contributed by atoms with van der Waals surface area (Å²) in [6.07, 6.45) is 6.53. The molecule has 2 aliphatic carbocycles. The molecule has 1 saturated carbocycles. The summed E-state index contributed by atoms with van der Waals surface area (Å²) in [6.45, 7) is 2.24. The van der Waals surface area contributed by atoms with Gasteiger partial charge < -0.3 is 10.3 Å². The van der Waals surface area contributed by atoms with Crippen LogP contribution in [0.15, 0.2) is 18.3 Å². The molecular weight excluding hydrogens is 296 g/mol. The fourth-order valence-corrected chi connectivity index (χ4v) is 4.10. The number of nitrogens with one attached hydrogen (secondary N) is 2. The highest BCUT2D eigenvalue weighted by molar-refractivity contribution is 6.06. The molecule has 0 spiro atoms. The average Bonchev–Trinajstić information content (AvgIpc) is 3.27. The Bertz CT molecular complexity index is 693. The second-order valence-corrected chi connectivity index (χ2v) is 6.47. The first kappa shape index (κ1) is 14.2. The molecule has 2 N–H and O–H groups in total. The fourth-order valence-electron chi connectivity index (χ4n) is 4.10. The molecule has 7 nitrogen and oxygen atoms in total. The molecule has 1 saturated heterocycles. The first-order chi connectivity index (χ1) is 11.1. The molecule has 4 atom stereocenters. The number of imide groups is 1. The van der Waals surface area contributed by atoms with E-state index in [1.54, 1.807) is 6.92 Å². The Morgan fingerprint density at radius 2 is 1.96 bits per heavy atom. The SMILES string of the molecule is Cc1ncc(C(=O)NCCN2C(=O)C3C4C=CC(C4)C3C2=O)[nH]1. The summed E-state index contributed by atoms with van der Waals surface area (Å²) in [5.41, 5.74) is 0.376. The molecule has 120 valence electrons. The van der Waals surface area contributed by atoms with Gasteiger partial charge in [-0.15, -0.1) is 0 Å². The van der Waals surface area contributed by atoms with Gasteiger partial charge in [0.2, 0.25) is 11.8 Å². The Balaban J connectivity index is 1.36. The van der Waals surface area contributed by atoms with Crippen LogP contribution in [0.5, 0.6) is 0 Å². The third-order valence-electron chi connectivity index (χ3n) is 5.13. The molecule has 7 heteroatoms. The van der Waals surface area contributed by atoms with Crippen LogP contribution < -0.4 is 5.32 Å². The van der Waals surface area contributed by atoms with Crippen molar-refractivity contribution in [2.24, 2.45) is 23.7 Å². The quantitative estimate of drug-likeness (QED) is 0.615. The van der Waals surface area contributed by atoms with E-state index in [4.69, 9.17) is 0 Å². The number of fused-ring (bicyclic) bond motifs is 5. The lowest BCUT2D eigenvalue weighted by atomic mass is 9.85. The van der Waals surface area contributed by atoms with Gasteiger partial charge in [0.25, 0.3) is 5.91 Å².